The summed E-state index contributed by atoms with van der Waals surface area (Å²) in [5.74, 6) is 0.699. The Balaban J connectivity index is 1.49. The Morgan fingerprint density at radius 2 is 1.88 bits per heavy atom. The molecule has 7 heteroatoms. The topological polar surface area (TPSA) is 75.4 Å². The summed E-state index contributed by atoms with van der Waals surface area (Å²) in [7, 11) is -3.56. The van der Waals surface area contributed by atoms with E-state index < -0.39 is 10.0 Å². The van der Waals surface area contributed by atoms with Gasteiger partial charge in [0.25, 0.3) is 0 Å². The van der Waals surface area contributed by atoms with Gasteiger partial charge in [-0.25, -0.2) is 13.1 Å². The number of rotatable bonds is 6. The fourth-order valence-corrected chi connectivity index (χ4v) is 4.79. The molecule has 0 spiro atoms. The minimum atomic E-state index is -3.56. The third-order valence-electron chi connectivity index (χ3n) is 4.75. The van der Waals surface area contributed by atoms with Crippen molar-refractivity contribution >= 4 is 10.0 Å². The van der Waals surface area contributed by atoms with E-state index in [0.29, 0.717) is 23.9 Å². The van der Waals surface area contributed by atoms with E-state index in [1.54, 1.807) is 13.8 Å². The zero-order chi connectivity index (χ0) is 17.9. The SMILES string of the molecule is Cc1noc(C)c1S(=O)(=O)NCC1CCN(Cc2ccccc2)CC1. The summed E-state index contributed by atoms with van der Waals surface area (Å²) in [4.78, 5) is 2.60. The standard InChI is InChI=1S/C18H25N3O3S/c1-14-18(15(2)24-20-14)25(22,23)19-12-16-8-10-21(11-9-16)13-17-6-4-3-5-7-17/h3-7,16,19H,8-13H2,1-2H3. The van der Waals surface area contributed by atoms with Gasteiger partial charge in [0.05, 0.1) is 0 Å². The molecule has 0 amide bonds. The minimum absolute atomic E-state index is 0.175. The Hall–Kier alpha value is -1.70. The van der Waals surface area contributed by atoms with Gasteiger partial charge in [0.2, 0.25) is 10.0 Å². The molecule has 25 heavy (non-hydrogen) atoms. The van der Waals surface area contributed by atoms with Gasteiger partial charge < -0.3 is 4.52 Å². The van der Waals surface area contributed by atoms with Crippen molar-refractivity contribution < 1.29 is 12.9 Å². The van der Waals surface area contributed by atoms with Gasteiger partial charge in [0, 0.05) is 13.1 Å². The lowest BCUT2D eigenvalue weighted by Crippen LogP contribution is -2.38. The highest BCUT2D eigenvalue weighted by Crippen LogP contribution is 2.21. The van der Waals surface area contributed by atoms with Gasteiger partial charge in [-0.05, 0) is 51.3 Å². The van der Waals surface area contributed by atoms with E-state index in [1.807, 2.05) is 6.07 Å². The fraction of sp³-hybridized carbons (Fsp3) is 0.500. The highest BCUT2D eigenvalue weighted by molar-refractivity contribution is 7.89. The first kappa shape index (κ1) is 18.1. The third-order valence-corrected chi connectivity index (χ3v) is 6.42. The molecule has 1 N–H and O–H groups in total. The molecule has 0 atom stereocenters. The molecule has 1 aliphatic rings. The van der Waals surface area contributed by atoms with Crippen LogP contribution in [0.1, 0.15) is 29.9 Å². The normalized spacial score (nSPS) is 17.0. The predicted molar refractivity (Wildman–Crippen MR) is 95.6 cm³/mol. The summed E-state index contributed by atoms with van der Waals surface area (Å²) in [5, 5.41) is 3.73. The summed E-state index contributed by atoms with van der Waals surface area (Å²) in [6, 6.07) is 10.4. The summed E-state index contributed by atoms with van der Waals surface area (Å²) in [6.45, 7) is 6.67. The number of likely N-dealkylation sites (tertiary alicyclic amines) is 1. The molecule has 1 aromatic heterocycles. The van der Waals surface area contributed by atoms with Crippen LogP contribution in [0, 0.1) is 19.8 Å². The van der Waals surface area contributed by atoms with Crippen molar-refractivity contribution in [1.29, 1.82) is 0 Å². The molecule has 2 heterocycles. The summed E-state index contributed by atoms with van der Waals surface area (Å²) in [5.41, 5.74) is 1.72. The summed E-state index contributed by atoms with van der Waals surface area (Å²) in [6.07, 6.45) is 1.99. The molecule has 0 saturated carbocycles. The van der Waals surface area contributed by atoms with Crippen LogP contribution in [0.15, 0.2) is 39.8 Å². The minimum Gasteiger partial charge on any atom is -0.360 e. The molecule has 6 nitrogen and oxygen atoms in total. The fourth-order valence-electron chi connectivity index (χ4n) is 3.35. The monoisotopic (exact) mass is 363 g/mol. The Kier molecular flexibility index (Phi) is 5.56. The average molecular weight is 363 g/mol. The third kappa shape index (κ3) is 4.48. The van der Waals surface area contributed by atoms with Gasteiger partial charge in [0.1, 0.15) is 10.6 Å². The van der Waals surface area contributed by atoms with Gasteiger partial charge in [0.15, 0.2) is 5.76 Å². The second kappa shape index (κ2) is 7.68. The van der Waals surface area contributed by atoms with Crippen LogP contribution in [0.3, 0.4) is 0 Å². The van der Waals surface area contributed by atoms with E-state index in [0.717, 1.165) is 32.5 Å². The number of aryl methyl sites for hydroxylation is 2. The Morgan fingerprint density at radius 3 is 2.48 bits per heavy atom. The second-order valence-corrected chi connectivity index (χ2v) is 8.41. The Labute approximate surface area is 149 Å². The molecule has 0 radical (unpaired) electrons. The molecule has 0 bridgehead atoms. The van der Waals surface area contributed by atoms with Gasteiger partial charge in [-0.3, -0.25) is 4.90 Å². The van der Waals surface area contributed by atoms with E-state index >= 15 is 0 Å². The van der Waals surface area contributed by atoms with Gasteiger partial charge >= 0.3 is 0 Å². The number of hydrogen-bond acceptors (Lipinski definition) is 5. The van der Waals surface area contributed by atoms with Gasteiger partial charge in [-0.1, -0.05) is 35.5 Å². The van der Waals surface area contributed by atoms with Crippen LogP contribution >= 0.6 is 0 Å². The number of nitrogens with one attached hydrogen (secondary N) is 1. The van der Waals surface area contributed by atoms with Gasteiger partial charge in [-0.2, -0.15) is 0 Å². The zero-order valence-corrected chi connectivity index (χ0v) is 15.6. The molecule has 2 aromatic rings. The molecule has 1 aromatic carbocycles. The maximum atomic E-state index is 12.5. The second-order valence-electron chi connectivity index (χ2n) is 6.71. The molecule has 3 rings (SSSR count). The largest absolute Gasteiger partial charge is 0.360 e. The van der Waals surface area contributed by atoms with Crippen LogP contribution in [0.5, 0.6) is 0 Å². The maximum Gasteiger partial charge on any atom is 0.245 e. The smallest absolute Gasteiger partial charge is 0.245 e. The van der Waals surface area contributed by atoms with Crippen molar-refractivity contribution in [3.8, 4) is 0 Å². The molecule has 1 saturated heterocycles. The van der Waals surface area contributed by atoms with E-state index in [4.69, 9.17) is 4.52 Å². The van der Waals surface area contributed by atoms with Crippen LogP contribution in [0.25, 0.3) is 0 Å². The first-order valence-corrected chi connectivity index (χ1v) is 10.1. The number of nitrogens with zero attached hydrogens (tertiary/aromatic N) is 2. The number of piperidine rings is 1. The first-order chi connectivity index (χ1) is 12.0. The van der Waals surface area contributed by atoms with Crippen molar-refractivity contribution in [1.82, 2.24) is 14.8 Å². The lowest BCUT2D eigenvalue weighted by atomic mass is 9.97. The summed E-state index contributed by atoms with van der Waals surface area (Å²) < 4.78 is 32.6. The molecule has 1 fully saturated rings. The Morgan fingerprint density at radius 1 is 1.20 bits per heavy atom. The zero-order valence-electron chi connectivity index (χ0n) is 14.7. The number of aromatic nitrogens is 1. The maximum absolute atomic E-state index is 12.5. The van der Waals surface area contributed by atoms with Crippen LogP contribution in [0.2, 0.25) is 0 Å². The average Bonchev–Trinajstić information content (AvgIpc) is 2.95. The van der Waals surface area contributed by atoms with E-state index in [2.05, 4.69) is 39.0 Å². The van der Waals surface area contributed by atoms with E-state index in [1.165, 1.54) is 5.56 Å². The van der Waals surface area contributed by atoms with Crippen LogP contribution in [0.4, 0.5) is 0 Å². The number of benzene rings is 1. The van der Waals surface area contributed by atoms with Crippen molar-refractivity contribution in [2.75, 3.05) is 19.6 Å². The quantitative estimate of drug-likeness (QED) is 0.853. The van der Waals surface area contributed by atoms with E-state index in [9.17, 15) is 8.42 Å². The van der Waals surface area contributed by atoms with Crippen LogP contribution < -0.4 is 4.72 Å². The lowest BCUT2D eigenvalue weighted by Gasteiger charge is -2.32. The molecule has 0 unspecified atom stereocenters. The van der Waals surface area contributed by atoms with Gasteiger partial charge in [-0.15, -0.1) is 0 Å². The predicted octanol–water partition coefficient (Wildman–Crippen LogP) is 2.48. The van der Waals surface area contributed by atoms with Crippen LogP contribution in [-0.4, -0.2) is 38.1 Å². The number of sulfonamides is 1. The van der Waals surface area contributed by atoms with Crippen LogP contribution in [-0.2, 0) is 16.6 Å². The lowest BCUT2D eigenvalue weighted by molar-refractivity contribution is 0.178. The van der Waals surface area contributed by atoms with Crippen molar-refractivity contribution in [2.24, 2.45) is 5.92 Å². The number of hydrogen-bond donors (Lipinski definition) is 1. The van der Waals surface area contributed by atoms with Crippen molar-refractivity contribution in [3.05, 3.63) is 47.3 Å². The van der Waals surface area contributed by atoms with Crippen molar-refractivity contribution in [2.45, 2.75) is 38.1 Å². The molecule has 0 aliphatic carbocycles. The van der Waals surface area contributed by atoms with E-state index in [-0.39, 0.29) is 4.90 Å². The summed E-state index contributed by atoms with van der Waals surface area (Å²) >= 11 is 0. The van der Waals surface area contributed by atoms with Crippen molar-refractivity contribution in [3.63, 3.8) is 0 Å². The Bertz CT molecular complexity index is 775. The molecular formula is C18H25N3O3S. The highest BCUT2D eigenvalue weighted by Gasteiger charge is 2.26. The first-order valence-electron chi connectivity index (χ1n) is 8.64. The molecular weight excluding hydrogens is 338 g/mol. The molecule has 1 aliphatic heterocycles. The molecule has 136 valence electrons. The highest BCUT2D eigenvalue weighted by atomic mass is 32.2.